The second kappa shape index (κ2) is 2.80. The van der Waals surface area contributed by atoms with Gasteiger partial charge in [-0.2, -0.15) is 0 Å². The Labute approximate surface area is 53.8 Å². The molecule has 0 radical (unpaired) electrons. The Morgan fingerprint density at radius 1 is 1.89 bits per heavy atom. The Hall–Kier alpha value is -0.610. The van der Waals surface area contributed by atoms with Crippen molar-refractivity contribution in [3.63, 3.8) is 0 Å². The second-order valence-electron chi connectivity index (χ2n) is 2.04. The van der Waals surface area contributed by atoms with Crippen molar-refractivity contribution in [2.75, 3.05) is 13.2 Å². The van der Waals surface area contributed by atoms with Gasteiger partial charge in [0.2, 0.25) is 5.91 Å². The topological polar surface area (TPSA) is 67.2 Å². The van der Waals surface area contributed by atoms with Gasteiger partial charge in [-0.25, -0.2) is 0 Å². The molecule has 1 atom stereocenters. The van der Waals surface area contributed by atoms with Crippen LogP contribution in [0.15, 0.2) is 0 Å². The van der Waals surface area contributed by atoms with E-state index in [1.165, 1.54) is 0 Å². The van der Waals surface area contributed by atoms with Crippen LogP contribution in [-0.2, 0) is 4.79 Å². The van der Waals surface area contributed by atoms with E-state index in [1.807, 2.05) is 0 Å². The highest BCUT2D eigenvalue weighted by atomic mass is 16.2. The predicted octanol–water partition coefficient (Wildman–Crippen LogP) is -1.62. The molecule has 0 saturated carbocycles. The van der Waals surface area contributed by atoms with Gasteiger partial charge in [-0.3, -0.25) is 10.1 Å². The third-order valence-corrected chi connectivity index (χ3v) is 1.41. The lowest BCUT2D eigenvalue weighted by atomic mass is 10.2. The minimum Gasteiger partial charge on any atom is -0.355 e. The Morgan fingerprint density at radius 2 is 2.67 bits per heavy atom. The van der Waals surface area contributed by atoms with Crippen molar-refractivity contribution in [1.29, 1.82) is 0 Å². The Bertz CT molecular complexity index is 115. The molecule has 1 heterocycles. The first-order valence-electron chi connectivity index (χ1n) is 3.06. The van der Waals surface area contributed by atoms with E-state index < -0.39 is 0 Å². The van der Waals surface area contributed by atoms with Crippen molar-refractivity contribution in [3.05, 3.63) is 0 Å². The molecule has 1 aliphatic rings. The number of rotatable bonds is 2. The van der Waals surface area contributed by atoms with E-state index in [0.717, 1.165) is 13.0 Å². The van der Waals surface area contributed by atoms with Crippen LogP contribution in [0.4, 0.5) is 0 Å². The molecular formula is C5H11N3O. The van der Waals surface area contributed by atoms with E-state index in [2.05, 4.69) is 10.6 Å². The summed E-state index contributed by atoms with van der Waals surface area (Å²) in [4.78, 5) is 10.7. The predicted molar refractivity (Wildman–Crippen MR) is 33.6 cm³/mol. The number of carbonyl (C=O) groups is 1. The minimum atomic E-state index is -0.0463. The van der Waals surface area contributed by atoms with Gasteiger partial charge in [0.05, 0.1) is 6.04 Å². The summed E-state index contributed by atoms with van der Waals surface area (Å²) in [5, 5.41) is 5.56. The molecule has 1 fully saturated rings. The van der Waals surface area contributed by atoms with Crippen LogP contribution in [0.5, 0.6) is 0 Å². The van der Waals surface area contributed by atoms with Gasteiger partial charge < -0.3 is 11.1 Å². The van der Waals surface area contributed by atoms with E-state index in [9.17, 15) is 4.79 Å². The van der Waals surface area contributed by atoms with Gasteiger partial charge in [0, 0.05) is 13.2 Å². The number of carbonyl (C=O) groups excluding carboxylic acids is 1. The number of hydrogen-bond donors (Lipinski definition) is 3. The highest BCUT2D eigenvalue weighted by molar-refractivity contribution is 5.83. The normalized spacial score (nSPS) is 26.3. The molecule has 4 N–H and O–H groups in total. The smallest absolute Gasteiger partial charge is 0.237 e. The van der Waals surface area contributed by atoms with Gasteiger partial charge in [-0.1, -0.05) is 0 Å². The fourth-order valence-electron chi connectivity index (χ4n) is 0.931. The summed E-state index contributed by atoms with van der Waals surface area (Å²) in [6, 6.07) is -0.0463. The van der Waals surface area contributed by atoms with Crippen molar-refractivity contribution in [2.24, 2.45) is 5.73 Å². The molecule has 9 heavy (non-hydrogen) atoms. The Balaban J connectivity index is 2.31. The van der Waals surface area contributed by atoms with Crippen LogP contribution in [0.25, 0.3) is 0 Å². The molecule has 0 spiro atoms. The molecule has 0 aromatic carbocycles. The number of nitrogens with two attached hydrogens (primary N) is 1. The molecule has 4 nitrogen and oxygen atoms in total. The van der Waals surface area contributed by atoms with Crippen molar-refractivity contribution < 1.29 is 4.79 Å². The molecular weight excluding hydrogens is 118 g/mol. The zero-order chi connectivity index (χ0) is 6.69. The van der Waals surface area contributed by atoms with E-state index in [-0.39, 0.29) is 11.9 Å². The number of amides is 1. The summed E-state index contributed by atoms with van der Waals surface area (Å²) in [7, 11) is 0. The molecule has 52 valence electrons. The van der Waals surface area contributed by atoms with Crippen LogP contribution in [0.1, 0.15) is 6.42 Å². The van der Waals surface area contributed by atoms with Crippen LogP contribution in [-0.4, -0.2) is 25.2 Å². The largest absolute Gasteiger partial charge is 0.355 e. The Morgan fingerprint density at radius 3 is 3.11 bits per heavy atom. The first-order valence-corrected chi connectivity index (χ1v) is 3.06. The van der Waals surface area contributed by atoms with Gasteiger partial charge in [0.1, 0.15) is 0 Å². The summed E-state index contributed by atoms with van der Waals surface area (Å²) in [6.07, 6.45) is 0.857. The SMILES string of the molecule is NCNC1CCNC1=O. The van der Waals surface area contributed by atoms with Crippen molar-refractivity contribution in [1.82, 2.24) is 10.6 Å². The van der Waals surface area contributed by atoms with Crippen LogP contribution >= 0.6 is 0 Å². The van der Waals surface area contributed by atoms with Gasteiger partial charge >= 0.3 is 0 Å². The highest BCUT2D eigenvalue weighted by Gasteiger charge is 2.21. The maximum absolute atomic E-state index is 10.7. The van der Waals surface area contributed by atoms with Crippen molar-refractivity contribution in [2.45, 2.75) is 12.5 Å². The van der Waals surface area contributed by atoms with E-state index in [0.29, 0.717) is 6.67 Å². The Kier molecular flexibility index (Phi) is 2.02. The van der Waals surface area contributed by atoms with Gasteiger partial charge in [0.25, 0.3) is 0 Å². The molecule has 1 saturated heterocycles. The molecule has 0 aromatic heterocycles. The lowest BCUT2D eigenvalue weighted by molar-refractivity contribution is -0.120. The lowest BCUT2D eigenvalue weighted by Crippen LogP contribution is -2.39. The van der Waals surface area contributed by atoms with E-state index in [4.69, 9.17) is 5.73 Å². The molecule has 1 unspecified atom stereocenters. The second-order valence-corrected chi connectivity index (χ2v) is 2.04. The van der Waals surface area contributed by atoms with Crippen LogP contribution in [0.3, 0.4) is 0 Å². The summed E-state index contributed by atoms with van der Waals surface area (Å²) < 4.78 is 0. The minimum absolute atomic E-state index is 0.0463. The first kappa shape index (κ1) is 6.51. The monoisotopic (exact) mass is 129 g/mol. The van der Waals surface area contributed by atoms with Crippen LogP contribution in [0.2, 0.25) is 0 Å². The number of nitrogens with one attached hydrogen (secondary N) is 2. The molecule has 0 bridgehead atoms. The van der Waals surface area contributed by atoms with Crippen molar-refractivity contribution >= 4 is 5.91 Å². The van der Waals surface area contributed by atoms with E-state index in [1.54, 1.807) is 0 Å². The molecule has 4 heteroatoms. The van der Waals surface area contributed by atoms with Crippen LogP contribution < -0.4 is 16.4 Å². The highest BCUT2D eigenvalue weighted by Crippen LogP contribution is 1.96. The van der Waals surface area contributed by atoms with Crippen LogP contribution in [0, 0.1) is 0 Å². The van der Waals surface area contributed by atoms with Gasteiger partial charge in [0.15, 0.2) is 0 Å². The molecule has 0 aliphatic carbocycles. The average molecular weight is 129 g/mol. The maximum atomic E-state index is 10.7. The molecule has 1 rings (SSSR count). The fraction of sp³-hybridized carbons (Fsp3) is 0.800. The van der Waals surface area contributed by atoms with Gasteiger partial charge in [-0.15, -0.1) is 0 Å². The number of hydrogen-bond acceptors (Lipinski definition) is 3. The third kappa shape index (κ3) is 1.40. The molecule has 1 amide bonds. The third-order valence-electron chi connectivity index (χ3n) is 1.41. The van der Waals surface area contributed by atoms with E-state index >= 15 is 0 Å². The van der Waals surface area contributed by atoms with Crippen molar-refractivity contribution in [3.8, 4) is 0 Å². The zero-order valence-corrected chi connectivity index (χ0v) is 5.18. The standard InChI is InChI=1S/C5H11N3O/c6-3-8-4-1-2-7-5(4)9/h4,8H,1-3,6H2,(H,7,9). The first-order chi connectivity index (χ1) is 4.34. The summed E-state index contributed by atoms with van der Waals surface area (Å²) in [5.41, 5.74) is 5.18. The molecule has 1 aliphatic heterocycles. The summed E-state index contributed by atoms with van der Waals surface area (Å²) in [5.74, 6) is 0.0699. The fourth-order valence-corrected chi connectivity index (χ4v) is 0.931. The molecule has 0 aromatic rings. The average Bonchev–Trinajstić information content (AvgIpc) is 2.18. The quantitative estimate of drug-likeness (QED) is 0.393. The summed E-state index contributed by atoms with van der Waals surface area (Å²) >= 11 is 0. The lowest BCUT2D eigenvalue weighted by Gasteiger charge is -2.04. The maximum Gasteiger partial charge on any atom is 0.237 e. The summed E-state index contributed by atoms with van der Waals surface area (Å²) in [6.45, 7) is 1.15. The zero-order valence-electron chi connectivity index (χ0n) is 5.18. The van der Waals surface area contributed by atoms with Gasteiger partial charge in [-0.05, 0) is 6.42 Å².